The molecule has 0 radical (unpaired) electrons. The molecular formula is C25H23FN2O4. The van der Waals surface area contributed by atoms with Crippen LogP contribution in [0.3, 0.4) is 0 Å². The Labute approximate surface area is 185 Å². The average molecular weight is 434 g/mol. The van der Waals surface area contributed by atoms with E-state index < -0.39 is 12.2 Å². The quantitative estimate of drug-likeness (QED) is 0.580. The lowest BCUT2D eigenvalue weighted by atomic mass is 9.93. The van der Waals surface area contributed by atoms with Crippen molar-refractivity contribution in [3.63, 3.8) is 0 Å². The van der Waals surface area contributed by atoms with Crippen molar-refractivity contribution in [2.24, 2.45) is 0 Å². The van der Waals surface area contributed by atoms with E-state index in [1.807, 2.05) is 24.3 Å². The summed E-state index contributed by atoms with van der Waals surface area (Å²) >= 11 is 0. The van der Waals surface area contributed by atoms with Crippen molar-refractivity contribution < 1.29 is 23.8 Å². The smallest absolute Gasteiger partial charge is 0.290 e. The number of allylic oxidation sites excluding steroid dienone is 1. The van der Waals surface area contributed by atoms with E-state index >= 15 is 0 Å². The fourth-order valence-corrected chi connectivity index (χ4v) is 3.42. The second kappa shape index (κ2) is 10.2. The SMILES string of the molecule is O=C(Nc1cccnc1)C1=C[C@@H](c2ccc(F)cc2)C[C@@H](OCc2ccc(CO)cc2)O1. The molecule has 164 valence electrons. The first-order valence-corrected chi connectivity index (χ1v) is 10.3. The van der Waals surface area contributed by atoms with E-state index in [0.29, 0.717) is 12.1 Å². The third-order valence-electron chi connectivity index (χ3n) is 5.14. The summed E-state index contributed by atoms with van der Waals surface area (Å²) in [6.07, 6.45) is 4.71. The minimum atomic E-state index is -0.665. The highest BCUT2D eigenvalue weighted by molar-refractivity contribution is 6.02. The van der Waals surface area contributed by atoms with Gasteiger partial charge in [0.05, 0.1) is 25.1 Å². The summed E-state index contributed by atoms with van der Waals surface area (Å²) in [6, 6.07) is 17.0. The highest BCUT2D eigenvalue weighted by Gasteiger charge is 2.29. The first-order chi connectivity index (χ1) is 15.6. The molecule has 3 aromatic rings. The van der Waals surface area contributed by atoms with Crippen LogP contribution in [0.25, 0.3) is 0 Å². The largest absolute Gasteiger partial charge is 0.459 e. The molecule has 1 amide bonds. The number of aliphatic hydroxyl groups excluding tert-OH is 1. The van der Waals surface area contributed by atoms with Crippen LogP contribution in [0.2, 0.25) is 0 Å². The molecule has 2 heterocycles. The number of ether oxygens (including phenoxy) is 2. The molecule has 0 unspecified atom stereocenters. The van der Waals surface area contributed by atoms with Crippen molar-refractivity contribution in [2.75, 3.05) is 5.32 Å². The van der Waals surface area contributed by atoms with Crippen LogP contribution in [-0.4, -0.2) is 22.3 Å². The number of amides is 1. The maximum Gasteiger partial charge on any atom is 0.290 e. The van der Waals surface area contributed by atoms with Crippen molar-refractivity contribution >= 4 is 11.6 Å². The van der Waals surface area contributed by atoms with E-state index in [0.717, 1.165) is 16.7 Å². The van der Waals surface area contributed by atoms with E-state index in [1.54, 1.807) is 42.7 Å². The zero-order chi connectivity index (χ0) is 22.3. The average Bonchev–Trinajstić information content (AvgIpc) is 2.84. The monoisotopic (exact) mass is 434 g/mol. The van der Waals surface area contributed by atoms with Crippen LogP contribution in [0.15, 0.2) is 84.9 Å². The van der Waals surface area contributed by atoms with Crippen molar-refractivity contribution in [2.45, 2.75) is 31.8 Å². The Morgan fingerprint density at radius 1 is 1.12 bits per heavy atom. The maximum absolute atomic E-state index is 13.4. The predicted molar refractivity (Wildman–Crippen MR) is 117 cm³/mol. The molecular weight excluding hydrogens is 411 g/mol. The van der Waals surface area contributed by atoms with Gasteiger partial charge >= 0.3 is 0 Å². The van der Waals surface area contributed by atoms with Crippen LogP contribution >= 0.6 is 0 Å². The molecule has 6 nitrogen and oxygen atoms in total. The van der Waals surface area contributed by atoms with E-state index in [1.165, 1.54) is 12.1 Å². The number of rotatable bonds is 7. The molecule has 1 aliphatic rings. The van der Waals surface area contributed by atoms with Crippen molar-refractivity contribution in [3.05, 3.63) is 107 Å². The van der Waals surface area contributed by atoms with Gasteiger partial charge in [0.25, 0.3) is 5.91 Å². The molecule has 2 aromatic carbocycles. The molecule has 1 aromatic heterocycles. The second-order valence-corrected chi connectivity index (χ2v) is 7.45. The molecule has 0 bridgehead atoms. The Kier molecular flexibility index (Phi) is 6.89. The third-order valence-corrected chi connectivity index (χ3v) is 5.14. The highest BCUT2D eigenvalue weighted by Crippen LogP contribution is 2.32. The van der Waals surface area contributed by atoms with Crippen molar-refractivity contribution in [1.82, 2.24) is 4.98 Å². The number of aliphatic hydroxyl groups is 1. The van der Waals surface area contributed by atoms with Crippen molar-refractivity contribution in [3.8, 4) is 0 Å². The van der Waals surface area contributed by atoms with Gasteiger partial charge in [-0.2, -0.15) is 0 Å². The topological polar surface area (TPSA) is 80.7 Å². The fraction of sp³-hybridized carbons (Fsp3) is 0.200. The summed E-state index contributed by atoms with van der Waals surface area (Å²) in [7, 11) is 0. The van der Waals surface area contributed by atoms with Crippen LogP contribution in [0.4, 0.5) is 10.1 Å². The van der Waals surface area contributed by atoms with Gasteiger partial charge in [-0.05, 0) is 47.0 Å². The number of hydrogen-bond acceptors (Lipinski definition) is 5. The first-order valence-electron chi connectivity index (χ1n) is 10.3. The van der Waals surface area contributed by atoms with Gasteiger partial charge in [-0.25, -0.2) is 4.39 Å². The van der Waals surface area contributed by atoms with Gasteiger partial charge in [-0.1, -0.05) is 36.4 Å². The Morgan fingerprint density at radius 2 is 1.88 bits per heavy atom. The number of halogens is 1. The van der Waals surface area contributed by atoms with E-state index in [-0.39, 0.29) is 30.7 Å². The second-order valence-electron chi connectivity index (χ2n) is 7.45. The molecule has 2 N–H and O–H groups in total. The standard InChI is InChI=1S/C25H23FN2O4/c26-21-9-7-19(8-10-21)20-12-23(25(30)28-22-2-1-11-27-14-22)32-24(13-20)31-16-18-5-3-17(15-29)4-6-18/h1-12,14,20,24,29H,13,15-16H2,(H,28,30)/t20-,24+/m1/s1. The summed E-state index contributed by atoms with van der Waals surface area (Å²) in [4.78, 5) is 16.8. The van der Waals surface area contributed by atoms with E-state index in [4.69, 9.17) is 9.47 Å². The number of pyridine rings is 1. The predicted octanol–water partition coefficient (Wildman–Crippen LogP) is 4.28. The van der Waals surface area contributed by atoms with Gasteiger partial charge in [0.2, 0.25) is 6.29 Å². The van der Waals surface area contributed by atoms with E-state index in [2.05, 4.69) is 10.3 Å². The van der Waals surface area contributed by atoms with Gasteiger partial charge in [0, 0.05) is 18.5 Å². The number of carbonyl (C=O) groups is 1. The summed E-state index contributed by atoms with van der Waals surface area (Å²) in [5.74, 6) is -0.778. The van der Waals surface area contributed by atoms with Gasteiger partial charge in [0.1, 0.15) is 5.82 Å². The van der Waals surface area contributed by atoms with Gasteiger partial charge in [-0.15, -0.1) is 0 Å². The Bertz CT molecular complexity index is 1070. The lowest BCUT2D eigenvalue weighted by molar-refractivity contribution is -0.147. The number of benzene rings is 2. The van der Waals surface area contributed by atoms with Crippen LogP contribution in [-0.2, 0) is 27.5 Å². The molecule has 0 saturated carbocycles. The summed E-state index contributed by atoms with van der Waals surface area (Å²) in [5, 5.41) is 11.9. The summed E-state index contributed by atoms with van der Waals surface area (Å²) < 4.78 is 25.2. The third kappa shape index (κ3) is 5.57. The van der Waals surface area contributed by atoms with Crippen LogP contribution in [0, 0.1) is 5.82 Å². The first kappa shape index (κ1) is 21.7. The maximum atomic E-state index is 13.4. The zero-order valence-corrected chi connectivity index (χ0v) is 17.3. The minimum absolute atomic E-state index is 0.0214. The molecule has 0 aliphatic carbocycles. The van der Waals surface area contributed by atoms with Gasteiger partial charge < -0.3 is 19.9 Å². The summed E-state index contributed by atoms with van der Waals surface area (Å²) in [6.45, 7) is 0.260. The van der Waals surface area contributed by atoms with Crippen LogP contribution in [0.5, 0.6) is 0 Å². The van der Waals surface area contributed by atoms with Crippen LogP contribution < -0.4 is 5.32 Å². The number of aromatic nitrogens is 1. The number of carbonyl (C=O) groups excluding carboxylic acids is 1. The molecule has 0 fully saturated rings. The molecule has 1 aliphatic heterocycles. The van der Waals surface area contributed by atoms with Crippen LogP contribution in [0.1, 0.15) is 29.0 Å². The number of hydrogen-bond donors (Lipinski definition) is 2. The molecule has 0 saturated heterocycles. The molecule has 4 rings (SSSR count). The zero-order valence-electron chi connectivity index (χ0n) is 17.3. The lowest BCUT2D eigenvalue weighted by Gasteiger charge is -2.29. The number of anilines is 1. The minimum Gasteiger partial charge on any atom is -0.459 e. The van der Waals surface area contributed by atoms with E-state index in [9.17, 15) is 14.3 Å². The molecule has 0 spiro atoms. The van der Waals surface area contributed by atoms with Gasteiger partial charge in [-0.3, -0.25) is 9.78 Å². The summed E-state index contributed by atoms with van der Waals surface area (Å²) in [5.41, 5.74) is 3.14. The Hall–Kier alpha value is -3.55. The normalized spacial score (nSPS) is 17.9. The highest BCUT2D eigenvalue weighted by atomic mass is 19.1. The number of nitrogens with zero attached hydrogens (tertiary/aromatic N) is 1. The fourth-order valence-electron chi connectivity index (χ4n) is 3.42. The molecule has 7 heteroatoms. The van der Waals surface area contributed by atoms with Crippen molar-refractivity contribution in [1.29, 1.82) is 0 Å². The Morgan fingerprint density at radius 3 is 2.56 bits per heavy atom. The molecule has 2 atom stereocenters. The van der Waals surface area contributed by atoms with Gasteiger partial charge in [0.15, 0.2) is 5.76 Å². The number of nitrogens with one attached hydrogen (secondary N) is 1. The Balaban J connectivity index is 1.50. The lowest BCUT2D eigenvalue weighted by Crippen LogP contribution is -2.29. The molecule has 32 heavy (non-hydrogen) atoms.